The van der Waals surface area contributed by atoms with Crippen LogP contribution >= 0.6 is 11.3 Å². The van der Waals surface area contributed by atoms with Gasteiger partial charge in [0.05, 0.1) is 16.8 Å². The van der Waals surface area contributed by atoms with Crippen molar-refractivity contribution in [3.05, 3.63) is 29.3 Å². The lowest BCUT2D eigenvalue weighted by Gasteiger charge is -2.39. The molecule has 2 N–H and O–H groups in total. The van der Waals surface area contributed by atoms with Crippen molar-refractivity contribution in [3.8, 4) is 10.6 Å². The van der Waals surface area contributed by atoms with Crippen LogP contribution in [0.2, 0.25) is 0 Å². The van der Waals surface area contributed by atoms with Crippen molar-refractivity contribution in [2.45, 2.75) is 25.9 Å². The number of aromatic nitrogens is 2. The topological polar surface area (TPSA) is 44.0 Å². The Labute approximate surface area is 117 Å². The summed E-state index contributed by atoms with van der Waals surface area (Å²) >= 11 is 1.75. The molecule has 19 heavy (non-hydrogen) atoms. The number of aromatic amines is 1. The van der Waals surface area contributed by atoms with E-state index in [0.717, 1.165) is 26.2 Å². The maximum Gasteiger partial charge on any atom is 0.0794 e. The number of rotatable bonds is 3. The smallest absolute Gasteiger partial charge is 0.0794 e. The molecule has 0 saturated carbocycles. The fourth-order valence-electron chi connectivity index (χ4n) is 2.69. The molecule has 3 heterocycles. The van der Waals surface area contributed by atoms with Gasteiger partial charge < -0.3 is 5.32 Å². The minimum atomic E-state index is 0.199. The molecule has 0 spiro atoms. The van der Waals surface area contributed by atoms with E-state index in [9.17, 15) is 0 Å². The highest BCUT2D eigenvalue weighted by molar-refractivity contribution is 7.13. The molecule has 0 atom stereocenters. The van der Waals surface area contributed by atoms with Gasteiger partial charge in [0, 0.05) is 37.3 Å². The average molecular weight is 276 g/mol. The van der Waals surface area contributed by atoms with E-state index in [0.29, 0.717) is 0 Å². The van der Waals surface area contributed by atoms with Crippen molar-refractivity contribution in [3.63, 3.8) is 0 Å². The maximum atomic E-state index is 4.22. The molecule has 1 aliphatic rings. The second kappa shape index (κ2) is 5.07. The molecule has 5 heteroatoms. The summed E-state index contributed by atoms with van der Waals surface area (Å²) in [5.41, 5.74) is 2.66. The first-order valence-electron chi connectivity index (χ1n) is 6.67. The molecule has 3 rings (SSSR count). The van der Waals surface area contributed by atoms with Crippen molar-refractivity contribution in [1.82, 2.24) is 20.4 Å². The molecule has 0 unspecified atom stereocenters. The summed E-state index contributed by atoms with van der Waals surface area (Å²) in [6.45, 7) is 8.71. The summed E-state index contributed by atoms with van der Waals surface area (Å²) < 4.78 is 0. The molecule has 102 valence electrons. The van der Waals surface area contributed by atoms with E-state index in [1.165, 1.54) is 16.1 Å². The van der Waals surface area contributed by atoms with E-state index in [4.69, 9.17) is 0 Å². The van der Waals surface area contributed by atoms with Gasteiger partial charge in [0.2, 0.25) is 0 Å². The van der Waals surface area contributed by atoms with Crippen LogP contribution in [-0.4, -0.2) is 40.3 Å². The summed E-state index contributed by atoms with van der Waals surface area (Å²) in [6.07, 6.45) is 1.96. The van der Waals surface area contributed by atoms with Crippen molar-refractivity contribution in [2.24, 2.45) is 0 Å². The van der Waals surface area contributed by atoms with Gasteiger partial charge in [0.25, 0.3) is 0 Å². The van der Waals surface area contributed by atoms with E-state index in [1.807, 2.05) is 6.20 Å². The van der Waals surface area contributed by atoms with Gasteiger partial charge in [-0.3, -0.25) is 10.00 Å². The predicted molar refractivity (Wildman–Crippen MR) is 79.3 cm³/mol. The average Bonchev–Trinajstić information content (AvgIpc) is 2.96. The summed E-state index contributed by atoms with van der Waals surface area (Å²) in [5, 5.41) is 13.0. The van der Waals surface area contributed by atoms with E-state index in [2.05, 4.69) is 51.8 Å². The van der Waals surface area contributed by atoms with Crippen molar-refractivity contribution in [1.29, 1.82) is 0 Å². The molecular weight excluding hydrogens is 256 g/mol. The quantitative estimate of drug-likeness (QED) is 0.904. The fraction of sp³-hybridized carbons (Fsp3) is 0.500. The molecule has 1 fully saturated rings. The van der Waals surface area contributed by atoms with Gasteiger partial charge in [-0.15, -0.1) is 11.3 Å². The number of thiophene rings is 1. The Morgan fingerprint density at radius 1 is 1.47 bits per heavy atom. The summed E-state index contributed by atoms with van der Waals surface area (Å²) in [6, 6.07) is 4.22. The second-order valence-electron chi connectivity index (χ2n) is 5.77. The van der Waals surface area contributed by atoms with Crippen molar-refractivity contribution in [2.75, 3.05) is 19.6 Å². The lowest BCUT2D eigenvalue weighted by Crippen LogP contribution is -2.56. The highest BCUT2D eigenvalue weighted by atomic mass is 32.1. The zero-order valence-corrected chi connectivity index (χ0v) is 12.3. The molecule has 0 aromatic carbocycles. The standard InChI is InChI=1S/C14H20N4S/c1-14(2)10-18(6-5-15-14)9-11-8-16-17-13(11)12-4-3-7-19-12/h3-4,7-8,15H,5-6,9-10H2,1-2H3,(H,16,17). The zero-order chi connectivity index (χ0) is 13.3. The van der Waals surface area contributed by atoms with E-state index in [1.54, 1.807) is 11.3 Å². The minimum absolute atomic E-state index is 0.199. The largest absolute Gasteiger partial charge is 0.309 e. The van der Waals surface area contributed by atoms with E-state index >= 15 is 0 Å². The summed E-state index contributed by atoms with van der Waals surface area (Å²) in [5.74, 6) is 0. The van der Waals surface area contributed by atoms with Gasteiger partial charge in [-0.1, -0.05) is 6.07 Å². The van der Waals surface area contributed by atoms with Crippen LogP contribution in [0.1, 0.15) is 19.4 Å². The Morgan fingerprint density at radius 2 is 2.37 bits per heavy atom. The van der Waals surface area contributed by atoms with Gasteiger partial charge in [-0.25, -0.2) is 0 Å². The van der Waals surface area contributed by atoms with Gasteiger partial charge >= 0.3 is 0 Å². The SMILES string of the molecule is CC1(C)CN(Cc2cn[nH]c2-c2cccs2)CCN1. The lowest BCUT2D eigenvalue weighted by atomic mass is 10.0. The molecule has 0 aliphatic carbocycles. The molecule has 2 aromatic heterocycles. The Hall–Kier alpha value is -1.17. The Bertz CT molecular complexity index is 529. The van der Waals surface area contributed by atoms with E-state index < -0.39 is 0 Å². The first kappa shape index (κ1) is 12.8. The number of nitrogens with one attached hydrogen (secondary N) is 2. The molecule has 0 bridgehead atoms. The van der Waals surface area contributed by atoms with Crippen molar-refractivity contribution >= 4 is 11.3 Å². The van der Waals surface area contributed by atoms with Gasteiger partial charge in [0.1, 0.15) is 0 Å². The third-order valence-corrected chi connectivity index (χ3v) is 4.42. The molecule has 2 aromatic rings. The fourth-order valence-corrected chi connectivity index (χ4v) is 3.44. The maximum absolute atomic E-state index is 4.22. The summed E-state index contributed by atoms with van der Waals surface area (Å²) in [4.78, 5) is 3.76. The number of nitrogens with zero attached hydrogens (tertiary/aromatic N) is 2. The molecule has 1 aliphatic heterocycles. The monoisotopic (exact) mass is 276 g/mol. The van der Waals surface area contributed by atoms with E-state index in [-0.39, 0.29) is 5.54 Å². The third-order valence-electron chi connectivity index (χ3n) is 3.53. The number of hydrogen-bond donors (Lipinski definition) is 2. The highest BCUT2D eigenvalue weighted by Gasteiger charge is 2.26. The van der Waals surface area contributed by atoms with Crippen LogP contribution < -0.4 is 5.32 Å². The minimum Gasteiger partial charge on any atom is -0.309 e. The molecular formula is C14H20N4S. The van der Waals surface area contributed by atoms with Gasteiger partial charge in [-0.2, -0.15) is 5.10 Å². The van der Waals surface area contributed by atoms with Crippen LogP contribution in [0.25, 0.3) is 10.6 Å². The van der Waals surface area contributed by atoms with Gasteiger partial charge in [-0.05, 0) is 25.3 Å². The number of H-pyrrole nitrogens is 1. The Morgan fingerprint density at radius 3 is 3.11 bits per heavy atom. The normalized spacial score (nSPS) is 19.7. The van der Waals surface area contributed by atoms with Crippen LogP contribution in [0.15, 0.2) is 23.7 Å². The Kier molecular flexibility index (Phi) is 3.43. The number of hydrogen-bond acceptors (Lipinski definition) is 4. The molecule has 1 saturated heterocycles. The zero-order valence-electron chi connectivity index (χ0n) is 11.4. The third kappa shape index (κ3) is 2.88. The van der Waals surface area contributed by atoms with Crippen LogP contribution in [0.5, 0.6) is 0 Å². The number of piperazine rings is 1. The van der Waals surface area contributed by atoms with Crippen LogP contribution in [0.3, 0.4) is 0 Å². The first-order valence-corrected chi connectivity index (χ1v) is 7.55. The lowest BCUT2D eigenvalue weighted by molar-refractivity contribution is 0.148. The molecule has 0 radical (unpaired) electrons. The van der Waals surface area contributed by atoms with Crippen LogP contribution in [0, 0.1) is 0 Å². The van der Waals surface area contributed by atoms with Gasteiger partial charge in [0.15, 0.2) is 0 Å². The molecule has 0 amide bonds. The van der Waals surface area contributed by atoms with Crippen molar-refractivity contribution < 1.29 is 0 Å². The van der Waals surface area contributed by atoms with Crippen LogP contribution in [-0.2, 0) is 6.54 Å². The molecule has 4 nitrogen and oxygen atoms in total. The second-order valence-corrected chi connectivity index (χ2v) is 6.72. The van der Waals surface area contributed by atoms with Crippen LogP contribution in [0.4, 0.5) is 0 Å². The first-order chi connectivity index (χ1) is 9.14. The predicted octanol–water partition coefficient (Wildman–Crippen LogP) is 2.32. The summed E-state index contributed by atoms with van der Waals surface area (Å²) in [7, 11) is 0. The Balaban J connectivity index is 1.76. The highest BCUT2D eigenvalue weighted by Crippen LogP contribution is 2.27.